The van der Waals surface area contributed by atoms with Crippen molar-refractivity contribution >= 4 is 29.3 Å². The SMILES string of the molecule is CCN1C(=O)C(C)(C(=O)NCCN2CCOCC2)Sc2ccccc21. The van der Waals surface area contributed by atoms with Gasteiger partial charge in [-0.05, 0) is 26.0 Å². The van der Waals surface area contributed by atoms with Crippen LogP contribution in [0.3, 0.4) is 0 Å². The molecule has 2 amide bonds. The van der Waals surface area contributed by atoms with Crippen LogP contribution in [-0.2, 0) is 14.3 Å². The minimum atomic E-state index is -1.13. The number of morpholine rings is 1. The summed E-state index contributed by atoms with van der Waals surface area (Å²) in [4.78, 5) is 30.7. The first kappa shape index (κ1) is 18.2. The topological polar surface area (TPSA) is 61.9 Å². The minimum absolute atomic E-state index is 0.150. The van der Waals surface area contributed by atoms with Gasteiger partial charge in [0.2, 0.25) is 5.91 Å². The first-order valence-corrected chi connectivity index (χ1v) is 9.56. The molecule has 0 radical (unpaired) electrons. The van der Waals surface area contributed by atoms with Crippen molar-refractivity contribution < 1.29 is 14.3 Å². The van der Waals surface area contributed by atoms with E-state index in [0.717, 1.165) is 43.4 Å². The molecule has 136 valence electrons. The molecule has 1 saturated heterocycles. The van der Waals surface area contributed by atoms with Gasteiger partial charge in [-0.15, -0.1) is 0 Å². The zero-order chi connectivity index (χ0) is 17.9. The van der Waals surface area contributed by atoms with Gasteiger partial charge in [0, 0.05) is 37.6 Å². The highest BCUT2D eigenvalue weighted by Crippen LogP contribution is 2.45. The first-order chi connectivity index (χ1) is 12.1. The van der Waals surface area contributed by atoms with Gasteiger partial charge >= 0.3 is 0 Å². The fraction of sp³-hybridized carbons (Fsp3) is 0.556. The fourth-order valence-electron chi connectivity index (χ4n) is 3.18. The van der Waals surface area contributed by atoms with Crippen molar-refractivity contribution in [3.63, 3.8) is 0 Å². The molecule has 2 heterocycles. The van der Waals surface area contributed by atoms with Gasteiger partial charge in [-0.2, -0.15) is 0 Å². The number of amides is 2. The number of fused-ring (bicyclic) bond motifs is 1. The molecule has 0 bridgehead atoms. The molecule has 3 rings (SSSR count). The van der Waals surface area contributed by atoms with E-state index >= 15 is 0 Å². The van der Waals surface area contributed by atoms with E-state index < -0.39 is 4.75 Å². The summed E-state index contributed by atoms with van der Waals surface area (Å²) < 4.78 is 4.20. The Morgan fingerprint density at radius 3 is 2.76 bits per heavy atom. The van der Waals surface area contributed by atoms with Crippen LogP contribution < -0.4 is 10.2 Å². The van der Waals surface area contributed by atoms with Gasteiger partial charge in [0.1, 0.15) is 0 Å². The smallest absolute Gasteiger partial charge is 0.252 e. The highest BCUT2D eigenvalue weighted by Gasteiger charge is 2.48. The number of nitrogens with one attached hydrogen (secondary N) is 1. The number of para-hydroxylation sites is 1. The second-order valence-electron chi connectivity index (χ2n) is 6.36. The number of benzene rings is 1. The van der Waals surface area contributed by atoms with Crippen LogP contribution in [0.25, 0.3) is 0 Å². The monoisotopic (exact) mass is 363 g/mol. The van der Waals surface area contributed by atoms with Crippen LogP contribution in [0.2, 0.25) is 0 Å². The van der Waals surface area contributed by atoms with Crippen LogP contribution >= 0.6 is 11.8 Å². The Labute approximate surface area is 152 Å². The van der Waals surface area contributed by atoms with Gasteiger partial charge in [-0.3, -0.25) is 14.5 Å². The summed E-state index contributed by atoms with van der Waals surface area (Å²) >= 11 is 1.34. The Kier molecular flexibility index (Phi) is 5.66. The number of rotatable bonds is 5. The Balaban J connectivity index is 1.67. The average Bonchev–Trinajstić information content (AvgIpc) is 2.63. The van der Waals surface area contributed by atoms with E-state index in [-0.39, 0.29) is 11.8 Å². The van der Waals surface area contributed by atoms with Crippen LogP contribution in [-0.4, -0.2) is 67.4 Å². The zero-order valence-corrected chi connectivity index (χ0v) is 15.6. The summed E-state index contributed by atoms with van der Waals surface area (Å²) in [5.41, 5.74) is 0.888. The number of nitrogens with zero attached hydrogens (tertiary/aromatic N) is 2. The van der Waals surface area contributed by atoms with Gasteiger partial charge in [0.05, 0.1) is 18.9 Å². The van der Waals surface area contributed by atoms with Crippen molar-refractivity contribution in [3.05, 3.63) is 24.3 Å². The lowest BCUT2D eigenvalue weighted by Gasteiger charge is -2.38. The van der Waals surface area contributed by atoms with Crippen molar-refractivity contribution in [2.75, 3.05) is 50.8 Å². The van der Waals surface area contributed by atoms with Crippen LogP contribution in [0, 0.1) is 0 Å². The maximum absolute atomic E-state index is 13.0. The van der Waals surface area contributed by atoms with E-state index in [0.29, 0.717) is 13.1 Å². The molecule has 7 heteroatoms. The molecule has 1 unspecified atom stereocenters. The molecule has 1 fully saturated rings. The third kappa shape index (κ3) is 3.68. The van der Waals surface area contributed by atoms with Gasteiger partial charge in [0.25, 0.3) is 5.91 Å². The molecular formula is C18H25N3O3S. The molecule has 25 heavy (non-hydrogen) atoms. The maximum Gasteiger partial charge on any atom is 0.252 e. The minimum Gasteiger partial charge on any atom is -0.379 e. The van der Waals surface area contributed by atoms with E-state index in [1.165, 1.54) is 11.8 Å². The number of thioether (sulfide) groups is 1. The highest BCUT2D eigenvalue weighted by atomic mass is 32.2. The summed E-state index contributed by atoms with van der Waals surface area (Å²) in [6, 6.07) is 7.75. The lowest BCUT2D eigenvalue weighted by molar-refractivity contribution is -0.131. The quantitative estimate of drug-likeness (QED) is 0.801. The lowest BCUT2D eigenvalue weighted by atomic mass is 10.1. The first-order valence-electron chi connectivity index (χ1n) is 8.74. The third-order valence-corrected chi connectivity index (χ3v) is 6.02. The van der Waals surface area contributed by atoms with E-state index in [1.54, 1.807) is 11.8 Å². The number of carbonyl (C=O) groups is 2. The van der Waals surface area contributed by atoms with E-state index in [2.05, 4.69) is 10.2 Å². The van der Waals surface area contributed by atoms with E-state index in [1.807, 2.05) is 31.2 Å². The van der Waals surface area contributed by atoms with E-state index in [9.17, 15) is 9.59 Å². The number of anilines is 1. The van der Waals surface area contributed by atoms with Gasteiger partial charge in [-0.25, -0.2) is 0 Å². The Bertz CT molecular complexity index is 648. The number of ether oxygens (including phenoxy) is 1. The summed E-state index contributed by atoms with van der Waals surface area (Å²) in [6.07, 6.45) is 0. The molecule has 6 nitrogen and oxygen atoms in total. The van der Waals surface area contributed by atoms with Crippen LogP contribution in [0.15, 0.2) is 29.2 Å². The fourth-order valence-corrected chi connectivity index (χ4v) is 4.41. The normalized spacial score (nSPS) is 24.1. The highest BCUT2D eigenvalue weighted by molar-refractivity contribution is 8.02. The number of hydrogen-bond donors (Lipinski definition) is 1. The van der Waals surface area contributed by atoms with Crippen molar-refractivity contribution in [3.8, 4) is 0 Å². The van der Waals surface area contributed by atoms with Crippen molar-refractivity contribution in [2.24, 2.45) is 0 Å². The second-order valence-corrected chi connectivity index (χ2v) is 7.82. The van der Waals surface area contributed by atoms with E-state index in [4.69, 9.17) is 4.74 Å². The van der Waals surface area contributed by atoms with Crippen molar-refractivity contribution in [2.45, 2.75) is 23.5 Å². The van der Waals surface area contributed by atoms with Crippen LogP contribution in [0.1, 0.15) is 13.8 Å². The number of hydrogen-bond acceptors (Lipinski definition) is 5. The molecule has 0 aromatic heterocycles. The lowest BCUT2D eigenvalue weighted by Crippen LogP contribution is -2.57. The van der Waals surface area contributed by atoms with Crippen molar-refractivity contribution in [1.29, 1.82) is 0 Å². The summed E-state index contributed by atoms with van der Waals surface area (Å²) in [6.45, 7) is 8.77. The molecular weight excluding hydrogens is 338 g/mol. The Morgan fingerprint density at radius 1 is 1.32 bits per heavy atom. The zero-order valence-electron chi connectivity index (χ0n) is 14.8. The molecule has 1 N–H and O–H groups in total. The Morgan fingerprint density at radius 2 is 2.04 bits per heavy atom. The molecule has 0 spiro atoms. The largest absolute Gasteiger partial charge is 0.379 e. The molecule has 1 atom stereocenters. The van der Waals surface area contributed by atoms with Crippen LogP contribution in [0.4, 0.5) is 5.69 Å². The molecule has 0 aliphatic carbocycles. The van der Waals surface area contributed by atoms with Crippen LogP contribution in [0.5, 0.6) is 0 Å². The molecule has 1 aromatic carbocycles. The van der Waals surface area contributed by atoms with Gasteiger partial charge in [-0.1, -0.05) is 23.9 Å². The third-order valence-electron chi connectivity index (χ3n) is 4.69. The molecule has 0 saturated carbocycles. The summed E-state index contributed by atoms with van der Waals surface area (Å²) in [5, 5.41) is 2.96. The summed E-state index contributed by atoms with van der Waals surface area (Å²) in [5.74, 6) is -0.369. The molecule has 2 aliphatic heterocycles. The average molecular weight is 363 g/mol. The van der Waals surface area contributed by atoms with Gasteiger partial charge < -0.3 is 15.0 Å². The van der Waals surface area contributed by atoms with Crippen molar-refractivity contribution in [1.82, 2.24) is 10.2 Å². The maximum atomic E-state index is 13.0. The summed E-state index contributed by atoms with van der Waals surface area (Å²) in [7, 11) is 0. The predicted octanol–water partition coefficient (Wildman–Crippen LogP) is 1.35. The van der Waals surface area contributed by atoms with Gasteiger partial charge in [0.15, 0.2) is 4.75 Å². The molecule has 1 aromatic rings. The second kappa shape index (κ2) is 7.76. The predicted molar refractivity (Wildman–Crippen MR) is 99.0 cm³/mol. The standard InChI is InChI=1S/C18H25N3O3S/c1-3-21-14-6-4-5-7-15(14)25-18(2,17(21)23)16(22)19-8-9-20-10-12-24-13-11-20/h4-7H,3,8-13H2,1-2H3,(H,19,22). The molecule has 2 aliphatic rings. The Hall–Kier alpha value is -1.57. The number of carbonyl (C=O) groups excluding carboxylic acids is 2.